The van der Waals surface area contributed by atoms with Crippen LogP contribution >= 0.6 is 22.9 Å². The number of carbonyl (C=O) groups is 1. The monoisotopic (exact) mass is 378 g/mol. The van der Waals surface area contributed by atoms with E-state index in [1.54, 1.807) is 19.2 Å². The second-order valence-electron chi connectivity index (χ2n) is 6.50. The van der Waals surface area contributed by atoms with E-state index in [1.165, 1.54) is 24.2 Å². The zero-order valence-corrected chi connectivity index (χ0v) is 15.4. The summed E-state index contributed by atoms with van der Waals surface area (Å²) >= 11 is 7.24. The third-order valence-electron chi connectivity index (χ3n) is 4.74. The van der Waals surface area contributed by atoms with E-state index in [0.717, 1.165) is 19.6 Å². The van der Waals surface area contributed by atoms with Gasteiger partial charge in [0.05, 0.1) is 6.20 Å². The third-order valence-corrected chi connectivity index (χ3v) is 5.85. The van der Waals surface area contributed by atoms with Gasteiger partial charge in [0.2, 0.25) is 0 Å². The molecule has 5 heterocycles. The van der Waals surface area contributed by atoms with Gasteiger partial charge in [-0.25, -0.2) is 15.0 Å². The van der Waals surface area contributed by atoms with Gasteiger partial charge in [-0.3, -0.25) is 4.79 Å². The summed E-state index contributed by atoms with van der Waals surface area (Å²) in [5.41, 5.74) is 0. The summed E-state index contributed by atoms with van der Waals surface area (Å²) in [5, 5.41) is 7.22. The fourth-order valence-electron chi connectivity index (χ4n) is 3.51. The van der Waals surface area contributed by atoms with Crippen molar-refractivity contribution in [2.24, 2.45) is 5.92 Å². The predicted molar refractivity (Wildman–Crippen MR) is 97.6 cm³/mol. The molecule has 0 aliphatic carbocycles. The van der Waals surface area contributed by atoms with Crippen molar-refractivity contribution in [2.45, 2.75) is 25.8 Å². The maximum Gasteiger partial charge on any atom is 0.263 e. The van der Waals surface area contributed by atoms with Crippen LogP contribution in [0.2, 0.25) is 5.15 Å². The van der Waals surface area contributed by atoms with E-state index in [0.29, 0.717) is 32.7 Å². The molecule has 1 atom stereocenters. The van der Waals surface area contributed by atoms with Crippen LogP contribution in [-0.4, -0.2) is 51.4 Å². The Hall–Kier alpha value is -1.77. The number of hydrogen-bond acceptors (Lipinski definition) is 7. The number of fused-ring (bicyclic) bond motifs is 3. The molecule has 3 saturated heterocycles. The standard InChI is InChI=1S/C16H19ClN6OS/c1-9-19-13(17)6-14(20-9)22-16-18-7-12(25-16)15(24)21-11-8-23-4-2-10(11)3-5-23/h6-7,10-11H,2-5,8H2,1H3,(H,21,24)(H,18,19,20,22). The van der Waals surface area contributed by atoms with Gasteiger partial charge in [0.15, 0.2) is 5.13 Å². The Balaban J connectivity index is 1.41. The van der Waals surface area contributed by atoms with E-state index in [4.69, 9.17) is 11.6 Å². The van der Waals surface area contributed by atoms with Crippen LogP contribution in [0.4, 0.5) is 10.9 Å². The SMILES string of the molecule is Cc1nc(Cl)cc(Nc2ncc(C(=O)NC3CN4CCC3CC4)s2)n1. The lowest BCUT2D eigenvalue weighted by atomic mass is 9.84. The molecule has 1 unspecified atom stereocenters. The van der Waals surface area contributed by atoms with Gasteiger partial charge >= 0.3 is 0 Å². The van der Waals surface area contributed by atoms with E-state index in [-0.39, 0.29) is 11.9 Å². The van der Waals surface area contributed by atoms with Gasteiger partial charge in [-0.2, -0.15) is 0 Å². The van der Waals surface area contributed by atoms with E-state index in [2.05, 4.69) is 30.5 Å². The lowest BCUT2D eigenvalue weighted by Gasteiger charge is -2.44. The molecule has 9 heteroatoms. The van der Waals surface area contributed by atoms with Crippen LogP contribution in [0, 0.1) is 12.8 Å². The van der Waals surface area contributed by atoms with Crippen LogP contribution < -0.4 is 10.6 Å². The minimum absolute atomic E-state index is 0.0544. The molecule has 132 valence electrons. The second-order valence-corrected chi connectivity index (χ2v) is 7.91. The Bertz CT molecular complexity index is 768. The van der Waals surface area contributed by atoms with Gasteiger partial charge in [0.25, 0.3) is 5.91 Å². The molecule has 1 amide bonds. The number of nitrogens with zero attached hydrogens (tertiary/aromatic N) is 4. The number of thiazole rings is 1. The van der Waals surface area contributed by atoms with Crippen molar-refractivity contribution < 1.29 is 4.79 Å². The summed E-state index contributed by atoms with van der Waals surface area (Å²) in [6.07, 6.45) is 3.95. The molecule has 2 bridgehead atoms. The van der Waals surface area contributed by atoms with Crippen LogP contribution in [0.3, 0.4) is 0 Å². The van der Waals surface area contributed by atoms with Crippen LogP contribution in [0.1, 0.15) is 28.3 Å². The summed E-state index contributed by atoms with van der Waals surface area (Å²) in [7, 11) is 0. The van der Waals surface area contributed by atoms with Crippen LogP contribution in [0.25, 0.3) is 0 Å². The lowest BCUT2D eigenvalue weighted by molar-refractivity contribution is 0.0622. The highest BCUT2D eigenvalue weighted by Gasteiger charge is 2.35. The maximum atomic E-state index is 12.5. The summed E-state index contributed by atoms with van der Waals surface area (Å²) < 4.78 is 0. The van der Waals surface area contributed by atoms with Gasteiger partial charge in [-0.1, -0.05) is 22.9 Å². The molecule has 7 nitrogen and oxygen atoms in total. The molecule has 0 spiro atoms. The second kappa shape index (κ2) is 6.86. The molecule has 2 aromatic rings. The molecule has 25 heavy (non-hydrogen) atoms. The number of hydrogen-bond donors (Lipinski definition) is 2. The van der Waals surface area contributed by atoms with Crippen molar-refractivity contribution >= 4 is 39.8 Å². The Kier molecular flexibility index (Phi) is 4.58. The molecule has 5 rings (SSSR count). The lowest BCUT2D eigenvalue weighted by Crippen LogP contribution is -2.57. The smallest absolute Gasteiger partial charge is 0.263 e. The number of aromatic nitrogens is 3. The molecular weight excluding hydrogens is 360 g/mol. The minimum Gasteiger partial charge on any atom is -0.347 e. The number of carbonyl (C=O) groups excluding carboxylic acids is 1. The van der Waals surface area contributed by atoms with Crippen LogP contribution in [-0.2, 0) is 0 Å². The molecule has 0 radical (unpaired) electrons. The average Bonchev–Trinajstić information content (AvgIpc) is 3.03. The third kappa shape index (κ3) is 3.75. The number of halogens is 1. The maximum absolute atomic E-state index is 12.5. The van der Waals surface area contributed by atoms with Crippen molar-refractivity contribution in [1.82, 2.24) is 25.2 Å². The number of nitrogens with one attached hydrogen (secondary N) is 2. The highest BCUT2D eigenvalue weighted by atomic mass is 35.5. The molecule has 0 saturated carbocycles. The highest BCUT2D eigenvalue weighted by molar-refractivity contribution is 7.17. The zero-order chi connectivity index (χ0) is 17.4. The van der Waals surface area contributed by atoms with Gasteiger partial charge in [0, 0.05) is 18.7 Å². The predicted octanol–water partition coefficient (Wildman–Crippen LogP) is 2.46. The first-order valence-corrected chi connectivity index (χ1v) is 9.53. The van der Waals surface area contributed by atoms with Gasteiger partial charge in [-0.05, 0) is 38.8 Å². The van der Waals surface area contributed by atoms with Crippen molar-refractivity contribution in [3.63, 3.8) is 0 Å². The minimum atomic E-state index is -0.0544. The van der Waals surface area contributed by atoms with E-state index < -0.39 is 0 Å². The summed E-state index contributed by atoms with van der Waals surface area (Å²) in [6, 6.07) is 1.87. The topological polar surface area (TPSA) is 83.0 Å². The highest BCUT2D eigenvalue weighted by Crippen LogP contribution is 2.28. The Labute approximate surface area is 154 Å². The van der Waals surface area contributed by atoms with E-state index in [9.17, 15) is 4.79 Å². The number of rotatable bonds is 4. The van der Waals surface area contributed by atoms with Gasteiger partial charge in [-0.15, -0.1) is 0 Å². The largest absolute Gasteiger partial charge is 0.347 e. The van der Waals surface area contributed by atoms with Crippen LogP contribution in [0.15, 0.2) is 12.3 Å². The molecular formula is C16H19ClN6OS. The van der Waals surface area contributed by atoms with Gasteiger partial charge < -0.3 is 15.5 Å². The molecule has 3 aliphatic heterocycles. The summed E-state index contributed by atoms with van der Waals surface area (Å²) in [4.78, 5) is 28.1. The Morgan fingerprint density at radius 1 is 1.36 bits per heavy atom. The first-order chi connectivity index (χ1) is 12.1. The molecule has 0 aromatic carbocycles. The van der Waals surface area contributed by atoms with Crippen LogP contribution in [0.5, 0.6) is 0 Å². The normalized spacial score (nSPS) is 25.0. The summed E-state index contributed by atoms with van der Waals surface area (Å²) in [6.45, 7) is 5.05. The molecule has 3 fully saturated rings. The molecule has 2 aromatic heterocycles. The molecule has 2 N–H and O–H groups in total. The van der Waals surface area contributed by atoms with Crippen molar-refractivity contribution in [1.29, 1.82) is 0 Å². The Morgan fingerprint density at radius 2 is 2.16 bits per heavy atom. The number of piperidine rings is 3. The van der Waals surface area contributed by atoms with Crippen molar-refractivity contribution in [3.8, 4) is 0 Å². The van der Waals surface area contributed by atoms with Crippen molar-refractivity contribution in [2.75, 3.05) is 25.0 Å². The van der Waals surface area contributed by atoms with E-state index >= 15 is 0 Å². The molecule has 3 aliphatic rings. The van der Waals surface area contributed by atoms with E-state index in [1.807, 2.05) is 0 Å². The fraction of sp³-hybridized carbons (Fsp3) is 0.500. The van der Waals surface area contributed by atoms with Gasteiger partial charge in [0.1, 0.15) is 21.7 Å². The first-order valence-electron chi connectivity index (χ1n) is 8.34. The summed E-state index contributed by atoms with van der Waals surface area (Å²) in [5.74, 6) is 1.69. The zero-order valence-electron chi connectivity index (χ0n) is 13.8. The number of anilines is 2. The average molecular weight is 379 g/mol. The number of amides is 1. The first kappa shape index (κ1) is 16.7. The fourth-order valence-corrected chi connectivity index (χ4v) is 4.46. The quantitative estimate of drug-likeness (QED) is 0.795. The Morgan fingerprint density at radius 3 is 2.84 bits per heavy atom. The van der Waals surface area contributed by atoms with Crippen molar-refractivity contribution in [3.05, 3.63) is 28.1 Å². The number of aryl methyl sites for hydroxylation is 1.